The summed E-state index contributed by atoms with van der Waals surface area (Å²) in [5, 5.41) is 25.3. The van der Waals surface area contributed by atoms with Gasteiger partial charge in [0.2, 0.25) is 5.91 Å². The number of hydroxylamine groups is 3. The maximum Gasteiger partial charge on any atom is 0.432 e. The standard InChI is InChI=1S/C23H37ClN2O7/c1-15(2)8-9-18-22(4,33-18)20-19(31-5)17(32-21(28)25(24)16(3)27)10-11-23(20,29)14-26(30)12-6-7-13-26/h8,17-20,29H,6-7,9-14H2,1-5H3. The van der Waals surface area contributed by atoms with Crippen molar-refractivity contribution in [2.75, 3.05) is 26.7 Å². The Morgan fingerprint density at radius 2 is 1.94 bits per heavy atom. The summed E-state index contributed by atoms with van der Waals surface area (Å²) in [5.41, 5.74) is -0.952. The SMILES string of the molecule is COC1C(OC(=O)N(Cl)C(C)=O)CCC(O)(C[N+]2([O-])CCCC2)C1C1(C)OC1CC=C(C)C. The molecule has 2 heterocycles. The third kappa shape index (κ3) is 5.55. The minimum Gasteiger partial charge on any atom is -0.633 e. The Hall–Kier alpha value is -1.23. The van der Waals surface area contributed by atoms with Gasteiger partial charge in [-0.15, -0.1) is 0 Å². The van der Waals surface area contributed by atoms with E-state index in [-0.39, 0.29) is 25.5 Å². The second-order valence-corrected chi connectivity index (χ2v) is 10.6. The van der Waals surface area contributed by atoms with Gasteiger partial charge in [-0.25, -0.2) is 4.79 Å². The lowest BCUT2D eigenvalue weighted by atomic mass is 9.65. The molecule has 0 radical (unpaired) electrons. The highest BCUT2D eigenvalue weighted by Crippen LogP contribution is 2.55. The molecule has 3 aliphatic rings. The van der Waals surface area contributed by atoms with Gasteiger partial charge in [0.05, 0.1) is 25.1 Å². The number of epoxide rings is 1. The maximum absolute atomic E-state index is 13.3. The van der Waals surface area contributed by atoms with Crippen LogP contribution in [0.4, 0.5) is 4.79 Å². The Morgan fingerprint density at radius 1 is 1.30 bits per heavy atom. The number of allylic oxidation sites excluding steroid dienone is 1. The van der Waals surface area contributed by atoms with Crippen molar-refractivity contribution in [3.8, 4) is 0 Å². The van der Waals surface area contributed by atoms with Crippen LogP contribution >= 0.6 is 11.8 Å². The molecule has 3 rings (SSSR count). The van der Waals surface area contributed by atoms with E-state index < -0.39 is 46.0 Å². The number of carbonyl (C=O) groups excluding carboxylic acids is 2. The summed E-state index contributed by atoms with van der Waals surface area (Å²) in [7, 11) is 1.49. The second-order valence-electron chi connectivity index (χ2n) is 10.2. The quantitative estimate of drug-likeness (QED) is 0.192. The lowest BCUT2D eigenvalue weighted by Gasteiger charge is -2.53. The summed E-state index contributed by atoms with van der Waals surface area (Å²) in [6.45, 7) is 8.09. The molecule has 0 bridgehead atoms. The predicted octanol–water partition coefficient (Wildman–Crippen LogP) is 3.27. The fraction of sp³-hybridized carbons (Fsp3) is 0.826. The molecule has 0 aromatic carbocycles. The molecule has 0 aromatic rings. The van der Waals surface area contributed by atoms with E-state index in [1.165, 1.54) is 7.11 Å². The van der Waals surface area contributed by atoms with Crippen LogP contribution in [0.25, 0.3) is 0 Å². The van der Waals surface area contributed by atoms with E-state index in [0.29, 0.717) is 23.9 Å². The first-order valence-corrected chi connectivity index (χ1v) is 12.0. The third-order valence-corrected chi connectivity index (χ3v) is 7.75. The van der Waals surface area contributed by atoms with Crippen LogP contribution < -0.4 is 0 Å². The molecule has 33 heavy (non-hydrogen) atoms. The van der Waals surface area contributed by atoms with Crippen molar-refractivity contribution < 1.29 is 33.6 Å². The molecule has 2 aliphatic heterocycles. The number of ether oxygens (including phenoxy) is 3. The van der Waals surface area contributed by atoms with Gasteiger partial charge in [0.15, 0.2) is 0 Å². The van der Waals surface area contributed by atoms with Gasteiger partial charge in [0.25, 0.3) is 0 Å². The van der Waals surface area contributed by atoms with E-state index in [9.17, 15) is 19.9 Å². The Bertz CT molecular complexity index is 783. The molecule has 9 nitrogen and oxygen atoms in total. The molecule has 6 unspecified atom stereocenters. The number of methoxy groups -OCH3 is 1. The number of rotatable bonds is 7. The number of hydrogen-bond donors (Lipinski definition) is 1. The van der Waals surface area contributed by atoms with Crippen LogP contribution in [0, 0.1) is 11.1 Å². The van der Waals surface area contributed by atoms with Gasteiger partial charge in [-0.1, -0.05) is 11.6 Å². The minimum atomic E-state index is -1.36. The molecule has 1 aliphatic carbocycles. The van der Waals surface area contributed by atoms with Crippen LogP contribution in [0.5, 0.6) is 0 Å². The van der Waals surface area contributed by atoms with Crippen molar-refractivity contribution >= 4 is 23.8 Å². The van der Waals surface area contributed by atoms with Gasteiger partial charge >= 0.3 is 6.09 Å². The molecule has 0 aromatic heterocycles. The molecule has 2 amide bonds. The average molecular weight is 489 g/mol. The number of amides is 2. The molecule has 6 atom stereocenters. The highest BCUT2D eigenvalue weighted by atomic mass is 35.5. The summed E-state index contributed by atoms with van der Waals surface area (Å²) in [4.78, 5) is 23.8. The van der Waals surface area contributed by atoms with Gasteiger partial charge in [0, 0.05) is 38.7 Å². The maximum atomic E-state index is 13.3. The third-order valence-electron chi connectivity index (χ3n) is 7.38. The predicted molar refractivity (Wildman–Crippen MR) is 122 cm³/mol. The van der Waals surface area contributed by atoms with Crippen molar-refractivity contribution in [1.29, 1.82) is 0 Å². The molecular formula is C23H37ClN2O7. The Balaban J connectivity index is 1.90. The number of quaternary nitrogens is 1. The van der Waals surface area contributed by atoms with Crippen LogP contribution in [0.2, 0.25) is 0 Å². The zero-order valence-electron chi connectivity index (χ0n) is 20.2. The second kappa shape index (κ2) is 9.79. The largest absolute Gasteiger partial charge is 0.633 e. The zero-order valence-corrected chi connectivity index (χ0v) is 21.0. The first-order chi connectivity index (χ1) is 15.3. The van der Waals surface area contributed by atoms with Crippen molar-refractivity contribution in [3.05, 3.63) is 16.9 Å². The van der Waals surface area contributed by atoms with Gasteiger partial charge in [-0.05, 0) is 40.0 Å². The van der Waals surface area contributed by atoms with Crippen molar-refractivity contribution in [1.82, 2.24) is 4.42 Å². The number of nitrogens with zero attached hydrogens (tertiary/aromatic N) is 2. The van der Waals surface area contributed by atoms with Crippen LogP contribution in [0.3, 0.4) is 0 Å². The minimum absolute atomic E-state index is 0.0432. The summed E-state index contributed by atoms with van der Waals surface area (Å²) in [5.74, 6) is -1.27. The van der Waals surface area contributed by atoms with E-state index in [2.05, 4.69) is 6.08 Å². The fourth-order valence-corrected chi connectivity index (χ4v) is 5.77. The first kappa shape index (κ1) is 26.4. The number of likely N-dealkylation sites (tertiary alicyclic amines) is 1. The van der Waals surface area contributed by atoms with Crippen molar-refractivity contribution in [2.45, 2.75) is 89.3 Å². The topological polar surface area (TPSA) is 112 Å². The lowest BCUT2D eigenvalue weighted by molar-refractivity contribution is -0.876. The monoisotopic (exact) mass is 488 g/mol. The normalized spacial score (nSPS) is 37.3. The lowest BCUT2D eigenvalue weighted by Crippen LogP contribution is -2.66. The van der Waals surface area contributed by atoms with Crippen LogP contribution in [-0.2, 0) is 19.0 Å². The molecule has 2 saturated heterocycles. The number of aliphatic hydroxyl groups is 1. The van der Waals surface area contributed by atoms with Gasteiger partial charge in [-0.2, -0.15) is 4.42 Å². The number of hydrogen-bond acceptors (Lipinski definition) is 7. The summed E-state index contributed by atoms with van der Waals surface area (Å²) >= 11 is 5.74. The Kier molecular flexibility index (Phi) is 7.83. The number of halogens is 1. The molecule has 10 heteroatoms. The smallest absolute Gasteiger partial charge is 0.432 e. The molecule has 1 saturated carbocycles. The summed E-state index contributed by atoms with van der Waals surface area (Å²) in [6.07, 6.45) is 2.31. The van der Waals surface area contributed by atoms with E-state index >= 15 is 0 Å². The van der Waals surface area contributed by atoms with E-state index in [1.807, 2.05) is 20.8 Å². The van der Waals surface area contributed by atoms with Gasteiger partial charge < -0.3 is 29.2 Å². The van der Waals surface area contributed by atoms with E-state index in [0.717, 1.165) is 25.3 Å². The number of carbonyl (C=O) groups is 2. The molecule has 1 N–H and O–H groups in total. The van der Waals surface area contributed by atoms with Crippen molar-refractivity contribution in [3.63, 3.8) is 0 Å². The molecule has 0 spiro atoms. The van der Waals surface area contributed by atoms with E-state index in [1.54, 1.807) is 0 Å². The Labute approximate surface area is 200 Å². The van der Waals surface area contributed by atoms with Gasteiger partial charge in [-0.3, -0.25) is 4.79 Å². The van der Waals surface area contributed by atoms with Crippen LogP contribution in [0.15, 0.2) is 11.6 Å². The zero-order chi connectivity index (χ0) is 24.6. The summed E-state index contributed by atoms with van der Waals surface area (Å²) in [6, 6.07) is 0. The van der Waals surface area contributed by atoms with Gasteiger partial charge in [0.1, 0.15) is 30.0 Å². The molecular weight excluding hydrogens is 452 g/mol. The number of imide groups is 1. The highest BCUT2D eigenvalue weighted by molar-refractivity contribution is 6.28. The molecule has 3 fully saturated rings. The fourth-order valence-electron chi connectivity index (χ4n) is 5.73. The Morgan fingerprint density at radius 3 is 2.48 bits per heavy atom. The van der Waals surface area contributed by atoms with E-state index in [4.69, 9.17) is 26.0 Å². The molecule has 188 valence electrons. The van der Waals surface area contributed by atoms with Crippen LogP contribution in [-0.4, -0.2) is 82.4 Å². The van der Waals surface area contributed by atoms with Crippen LogP contribution in [0.1, 0.15) is 59.8 Å². The summed E-state index contributed by atoms with van der Waals surface area (Å²) < 4.78 is 17.4. The average Bonchev–Trinajstić information content (AvgIpc) is 3.20. The highest BCUT2D eigenvalue weighted by Gasteiger charge is 2.69. The van der Waals surface area contributed by atoms with Crippen molar-refractivity contribution in [2.24, 2.45) is 5.92 Å². The first-order valence-electron chi connectivity index (χ1n) is 11.7.